The van der Waals surface area contributed by atoms with Crippen LogP contribution in [0.3, 0.4) is 0 Å². The molecule has 2 rings (SSSR count). The minimum Gasteiger partial charge on any atom is -0.490 e. The Kier molecular flexibility index (Phi) is 6.95. The smallest absolute Gasteiger partial charge is 0.417 e. The van der Waals surface area contributed by atoms with Crippen molar-refractivity contribution in [1.29, 1.82) is 0 Å². The normalized spacial score (nSPS) is 11.2. The van der Waals surface area contributed by atoms with Crippen LogP contribution in [0.15, 0.2) is 29.2 Å². The largest absolute Gasteiger partial charge is 0.490 e. The Morgan fingerprint density at radius 1 is 1.21 bits per heavy atom. The Bertz CT molecular complexity index is 913. The van der Waals surface area contributed by atoms with Crippen LogP contribution in [0.4, 0.5) is 18.9 Å². The molecule has 152 valence electrons. The van der Waals surface area contributed by atoms with Crippen LogP contribution in [0, 0.1) is 0 Å². The zero-order valence-corrected chi connectivity index (χ0v) is 15.8. The quantitative estimate of drug-likeness (QED) is 0.694. The molecule has 1 heterocycles. The van der Waals surface area contributed by atoms with Crippen LogP contribution in [-0.2, 0) is 6.18 Å². The molecule has 0 radical (unpaired) electrons. The van der Waals surface area contributed by atoms with Gasteiger partial charge in [0, 0.05) is 11.8 Å². The van der Waals surface area contributed by atoms with Crippen molar-refractivity contribution in [3.8, 4) is 11.5 Å². The van der Waals surface area contributed by atoms with Gasteiger partial charge in [-0.1, -0.05) is 18.5 Å². The van der Waals surface area contributed by atoms with E-state index in [1.807, 2.05) is 11.9 Å². The van der Waals surface area contributed by atoms with E-state index in [0.717, 1.165) is 6.42 Å². The van der Waals surface area contributed by atoms with Crippen LogP contribution >= 0.6 is 11.6 Å². The van der Waals surface area contributed by atoms with Gasteiger partial charge in [-0.15, -0.1) is 0 Å². The predicted octanol–water partition coefficient (Wildman–Crippen LogP) is 4.49. The van der Waals surface area contributed by atoms with Crippen molar-refractivity contribution in [2.24, 2.45) is 0 Å². The number of nitrogens with one attached hydrogen (secondary N) is 2. The first-order chi connectivity index (χ1) is 13.2. The molecule has 0 atom stereocenters. The molecule has 28 heavy (non-hydrogen) atoms. The first kappa shape index (κ1) is 21.6. The monoisotopic (exact) mass is 418 g/mol. The molecule has 2 aromatic rings. The third-order valence-electron chi connectivity index (χ3n) is 3.50. The lowest BCUT2D eigenvalue weighted by Crippen LogP contribution is -2.21. The number of H-pyrrole nitrogens is 1. The number of halogens is 4. The van der Waals surface area contributed by atoms with E-state index in [1.165, 1.54) is 12.1 Å². The van der Waals surface area contributed by atoms with Crippen LogP contribution in [0.25, 0.3) is 0 Å². The Hall–Kier alpha value is -2.68. The Balaban J connectivity index is 2.35. The Morgan fingerprint density at radius 2 is 1.93 bits per heavy atom. The van der Waals surface area contributed by atoms with Gasteiger partial charge in [0.15, 0.2) is 11.5 Å². The zero-order valence-electron chi connectivity index (χ0n) is 15.1. The molecule has 0 unspecified atom stereocenters. The first-order valence-corrected chi connectivity index (χ1v) is 8.75. The number of rotatable bonds is 7. The second kappa shape index (κ2) is 9.01. The Labute approximate surface area is 163 Å². The second-order valence-corrected chi connectivity index (χ2v) is 6.06. The summed E-state index contributed by atoms with van der Waals surface area (Å²) in [4.78, 5) is 26.2. The van der Waals surface area contributed by atoms with Gasteiger partial charge in [0.1, 0.15) is 5.69 Å². The van der Waals surface area contributed by atoms with Crippen LogP contribution < -0.4 is 20.3 Å². The molecule has 1 aromatic heterocycles. The maximum Gasteiger partial charge on any atom is 0.417 e. The lowest BCUT2D eigenvalue weighted by Gasteiger charge is -2.15. The first-order valence-electron chi connectivity index (χ1n) is 8.37. The van der Waals surface area contributed by atoms with E-state index in [1.54, 1.807) is 6.92 Å². The highest BCUT2D eigenvalue weighted by Gasteiger charge is 2.31. The molecule has 1 amide bonds. The SMILES string of the molecule is CCCOc1c(Cl)cc(C(=O)Nc2cc(C(F)(F)F)c[nH]c2=O)cc1OCC. The topological polar surface area (TPSA) is 80.4 Å². The van der Waals surface area contributed by atoms with Gasteiger partial charge in [0.2, 0.25) is 0 Å². The summed E-state index contributed by atoms with van der Waals surface area (Å²) in [5.41, 5.74) is -2.52. The number of ether oxygens (including phenoxy) is 2. The highest BCUT2D eigenvalue weighted by Crippen LogP contribution is 2.37. The van der Waals surface area contributed by atoms with Crippen molar-refractivity contribution >= 4 is 23.2 Å². The summed E-state index contributed by atoms with van der Waals surface area (Å²) in [6.07, 6.45) is -3.42. The molecule has 0 fully saturated rings. The molecule has 0 bridgehead atoms. The van der Waals surface area contributed by atoms with Gasteiger partial charge in [-0.25, -0.2) is 0 Å². The molecule has 1 aromatic carbocycles. The van der Waals surface area contributed by atoms with Crippen LogP contribution in [0.1, 0.15) is 36.2 Å². The van der Waals surface area contributed by atoms with Gasteiger partial charge >= 0.3 is 6.18 Å². The van der Waals surface area contributed by atoms with Crippen molar-refractivity contribution in [2.75, 3.05) is 18.5 Å². The summed E-state index contributed by atoms with van der Waals surface area (Å²) in [6, 6.07) is 3.18. The molecule has 0 aliphatic rings. The van der Waals surface area contributed by atoms with Gasteiger partial charge in [-0.2, -0.15) is 13.2 Å². The molecule has 0 spiro atoms. The highest BCUT2D eigenvalue weighted by atomic mass is 35.5. The van der Waals surface area contributed by atoms with Crippen molar-refractivity contribution in [2.45, 2.75) is 26.4 Å². The lowest BCUT2D eigenvalue weighted by molar-refractivity contribution is -0.137. The number of alkyl halides is 3. The number of anilines is 1. The number of carbonyl (C=O) groups excluding carboxylic acids is 1. The maximum absolute atomic E-state index is 12.8. The van der Waals surface area contributed by atoms with Crippen molar-refractivity contribution < 1.29 is 27.4 Å². The third kappa shape index (κ3) is 5.19. The van der Waals surface area contributed by atoms with Crippen LogP contribution in [0.2, 0.25) is 5.02 Å². The number of aromatic amines is 1. The Morgan fingerprint density at radius 3 is 2.54 bits per heavy atom. The fourth-order valence-electron chi connectivity index (χ4n) is 2.24. The van der Waals surface area contributed by atoms with E-state index in [-0.39, 0.29) is 28.7 Å². The van der Waals surface area contributed by atoms with E-state index >= 15 is 0 Å². The van der Waals surface area contributed by atoms with Crippen molar-refractivity contribution in [3.63, 3.8) is 0 Å². The number of carbonyl (C=O) groups is 1. The zero-order chi connectivity index (χ0) is 20.9. The summed E-state index contributed by atoms with van der Waals surface area (Å²) < 4.78 is 49.4. The van der Waals surface area contributed by atoms with E-state index in [0.29, 0.717) is 18.9 Å². The highest BCUT2D eigenvalue weighted by molar-refractivity contribution is 6.32. The van der Waals surface area contributed by atoms with Crippen LogP contribution in [0.5, 0.6) is 11.5 Å². The standard InChI is InChI=1S/C18H18ClF3N2O4/c1-3-5-28-15-12(19)6-10(7-14(15)27-4-2)16(25)24-13-8-11(18(20,21)22)9-23-17(13)26/h6-9H,3-5H2,1-2H3,(H,23,26)(H,24,25). The molecule has 2 N–H and O–H groups in total. The number of hydrogen-bond donors (Lipinski definition) is 2. The van der Waals surface area contributed by atoms with Crippen LogP contribution in [-0.4, -0.2) is 24.1 Å². The summed E-state index contributed by atoms with van der Waals surface area (Å²) >= 11 is 6.17. The number of pyridine rings is 1. The molecule has 10 heteroatoms. The number of benzene rings is 1. The van der Waals surface area contributed by atoms with Gasteiger partial charge in [0.25, 0.3) is 11.5 Å². The molecule has 0 saturated carbocycles. The third-order valence-corrected chi connectivity index (χ3v) is 3.78. The van der Waals surface area contributed by atoms with Crippen molar-refractivity contribution in [3.05, 3.63) is 50.9 Å². The average Bonchev–Trinajstić information content (AvgIpc) is 2.62. The second-order valence-electron chi connectivity index (χ2n) is 5.65. The molecular weight excluding hydrogens is 401 g/mol. The molecular formula is C18H18ClF3N2O4. The summed E-state index contributed by atoms with van der Waals surface area (Å²) in [5.74, 6) is -0.347. The minimum absolute atomic E-state index is 0.00545. The molecule has 0 saturated heterocycles. The summed E-state index contributed by atoms with van der Waals surface area (Å²) in [7, 11) is 0. The average molecular weight is 419 g/mol. The van der Waals surface area contributed by atoms with Gasteiger partial charge in [0.05, 0.1) is 23.8 Å². The summed E-state index contributed by atoms with van der Waals surface area (Å²) in [6.45, 7) is 4.29. The number of amides is 1. The van der Waals surface area contributed by atoms with E-state index in [9.17, 15) is 22.8 Å². The van der Waals surface area contributed by atoms with Gasteiger partial charge in [-0.3, -0.25) is 9.59 Å². The minimum atomic E-state index is -4.67. The van der Waals surface area contributed by atoms with E-state index in [4.69, 9.17) is 21.1 Å². The molecule has 0 aliphatic carbocycles. The fraction of sp³-hybridized carbons (Fsp3) is 0.333. The lowest BCUT2D eigenvalue weighted by atomic mass is 10.1. The summed E-state index contributed by atoms with van der Waals surface area (Å²) in [5, 5.41) is 2.26. The molecule has 6 nitrogen and oxygen atoms in total. The van der Waals surface area contributed by atoms with Gasteiger partial charge < -0.3 is 19.8 Å². The maximum atomic E-state index is 12.8. The molecule has 0 aliphatic heterocycles. The van der Waals surface area contributed by atoms with E-state index in [2.05, 4.69) is 5.32 Å². The van der Waals surface area contributed by atoms with Gasteiger partial charge in [-0.05, 0) is 31.5 Å². The van der Waals surface area contributed by atoms with E-state index < -0.39 is 28.9 Å². The van der Waals surface area contributed by atoms with Crippen molar-refractivity contribution in [1.82, 2.24) is 4.98 Å². The number of aromatic nitrogens is 1. The predicted molar refractivity (Wildman–Crippen MR) is 98.4 cm³/mol. The fourth-order valence-corrected chi connectivity index (χ4v) is 2.51. The number of hydrogen-bond acceptors (Lipinski definition) is 4.